The van der Waals surface area contributed by atoms with E-state index in [1.165, 1.54) is 0 Å². The molecule has 26 heavy (non-hydrogen) atoms. The van der Waals surface area contributed by atoms with Gasteiger partial charge < -0.3 is 10.6 Å². The maximum absolute atomic E-state index is 12.2. The highest BCUT2D eigenvalue weighted by Crippen LogP contribution is 2.11. The zero-order chi connectivity index (χ0) is 19.1. The van der Waals surface area contributed by atoms with Crippen LogP contribution in [0.3, 0.4) is 0 Å². The molecule has 0 aliphatic carbocycles. The minimum atomic E-state index is -0.0261. The first kappa shape index (κ1) is 19.7. The summed E-state index contributed by atoms with van der Waals surface area (Å²) in [6.45, 7) is 8.56. The third-order valence-electron chi connectivity index (χ3n) is 4.04. The number of carbonyl (C=O) groups excluding carboxylic acids is 2. The topological polar surface area (TPSA) is 76.0 Å². The van der Waals surface area contributed by atoms with E-state index < -0.39 is 0 Å². The Hall–Kier alpha value is -2.63. The SMILES string of the molecule is CCCC(=O)Nc1ccc(CC(=O)NC(C)Cn2nc(C)cc2C)cc1. The van der Waals surface area contributed by atoms with Crippen molar-refractivity contribution in [3.05, 3.63) is 47.3 Å². The largest absolute Gasteiger partial charge is 0.351 e. The quantitative estimate of drug-likeness (QED) is 0.763. The van der Waals surface area contributed by atoms with Crippen LogP contribution in [0.2, 0.25) is 0 Å². The van der Waals surface area contributed by atoms with Gasteiger partial charge in [-0.2, -0.15) is 5.10 Å². The lowest BCUT2D eigenvalue weighted by Crippen LogP contribution is -2.37. The Kier molecular flexibility index (Phi) is 6.95. The maximum Gasteiger partial charge on any atom is 0.224 e. The maximum atomic E-state index is 12.2. The fourth-order valence-corrected chi connectivity index (χ4v) is 2.83. The van der Waals surface area contributed by atoms with Crippen LogP contribution in [0.5, 0.6) is 0 Å². The predicted octanol–water partition coefficient (Wildman–Crippen LogP) is 2.99. The molecule has 0 saturated heterocycles. The second-order valence-corrected chi connectivity index (χ2v) is 6.75. The van der Waals surface area contributed by atoms with E-state index in [0.717, 1.165) is 29.1 Å². The van der Waals surface area contributed by atoms with Crippen molar-refractivity contribution in [1.29, 1.82) is 0 Å². The van der Waals surface area contributed by atoms with Crippen LogP contribution >= 0.6 is 0 Å². The van der Waals surface area contributed by atoms with Gasteiger partial charge in [-0.3, -0.25) is 14.3 Å². The third kappa shape index (κ3) is 6.02. The normalized spacial score (nSPS) is 11.8. The van der Waals surface area contributed by atoms with Gasteiger partial charge in [0, 0.05) is 23.8 Å². The van der Waals surface area contributed by atoms with Gasteiger partial charge in [-0.1, -0.05) is 19.1 Å². The number of benzene rings is 1. The fourth-order valence-electron chi connectivity index (χ4n) is 2.83. The zero-order valence-corrected chi connectivity index (χ0v) is 16.0. The summed E-state index contributed by atoms with van der Waals surface area (Å²) in [6, 6.07) is 9.41. The Morgan fingerprint density at radius 2 is 1.85 bits per heavy atom. The first-order valence-corrected chi connectivity index (χ1v) is 9.06. The van der Waals surface area contributed by atoms with Gasteiger partial charge in [0.15, 0.2) is 0 Å². The van der Waals surface area contributed by atoms with E-state index in [1.807, 2.05) is 62.7 Å². The molecule has 0 radical (unpaired) electrons. The molecule has 2 N–H and O–H groups in total. The van der Waals surface area contributed by atoms with E-state index in [9.17, 15) is 9.59 Å². The molecule has 6 heteroatoms. The molecule has 1 atom stereocenters. The van der Waals surface area contributed by atoms with Gasteiger partial charge in [0.1, 0.15) is 0 Å². The highest BCUT2D eigenvalue weighted by molar-refractivity contribution is 5.90. The van der Waals surface area contributed by atoms with Crippen LogP contribution in [0.15, 0.2) is 30.3 Å². The summed E-state index contributed by atoms with van der Waals surface area (Å²) in [5.74, 6) is -0.0160. The molecule has 0 fully saturated rings. The van der Waals surface area contributed by atoms with Gasteiger partial charge in [0.25, 0.3) is 0 Å². The molecule has 0 saturated carbocycles. The predicted molar refractivity (Wildman–Crippen MR) is 103 cm³/mol. The molecule has 1 aromatic heterocycles. The summed E-state index contributed by atoms with van der Waals surface area (Å²) in [5.41, 5.74) is 3.73. The van der Waals surface area contributed by atoms with Crippen molar-refractivity contribution in [2.45, 2.75) is 59.5 Å². The average Bonchev–Trinajstić information content (AvgIpc) is 2.86. The number of nitrogens with zero attached hydrogens (tertiary/aromatic N) is 2. The van der Waals surface area contributed by atoms with Crippen LogP contribution in [0.25, 0.3) is 0 Å². The van der Waals surface area contributed by atoms with E-state index in [1.54, 1.807) is 0 Å². The molecule has 140 valence electrons. The number of anilines is 1. The van der Waals surface area contributed by atoms with E-state index in [-0.39, 0.29) is 17.9 Å². The van der Waals surface area contributed by atoms with Crippen LogP contribution in [0.4, 0.5) is 5.69 Å². The van der Waals surface area contributed by atoms with E-state index in [4.69, 9.17) is 0 Å². The number of aromatic nitrogens is 2. The molecule has 1 heterocycles. The lowest BCUT2D eigenvalue weighted by atomic mass is 10.1. The number of carbonyl (C=O) groups is 2. The Bertz CT molecular complexity index is 750. The number of aryl methyl sites for hydroxylation is 2. The van der Waals surface area contributed by atoms with Crippen molar-refractivity contribution < 1.29 is 9.59 Å². The molecule has 0 aliphatic heterocycles. The first-order chi connectivity index (χ1) is 12.4. The number of nitrogens with one attached hydrogen (secondary N) is 2. The summed E-state index contributed by atoms with van der Waals surface area (Å²) in [6.07, 6.45) is 1.64. The molecule has 0 aliphatic rings. The molecule has 2 rings (SSSR count). The highest BCUT2D eigenvalue weighted by atomic mass is 16.2. The molecular formula is C20H28N4O2. The lowest BCUT2D eigenvalue weighted by Gasteiger charge is -2.15. The minimum Gasteiger partial charge on any atom is -0.351 e. The van der Waals surface area contributed by atoms with Gasteiger partial charge in [-0.05, 0) is 51.0 Å². The third-order valence-corrected chi connectivity index (χ3v) is 4.04. The van der Waals surface area contributed by atoms with Crippen LogP contribution < -0.4 is 10.6 Å². The number of hydrogen-bond donors (Lipinski definition) is 2. The Morgan fingerprint density at radius 3 is 2.42 bits per heavy atom. The standard InChI is InChI=1S/C20H28N4O2/c1-5-6-19(25)22-18-9-7-17(8-10-18)12-20(26)21-15(3)13-24-16(4)11-14(2)23-24/h7-11,15H,5-6,12-13H2,1-4H3,(H,21,26)(H,22,25). The number of rotatable bonds is 8. The molecular weight excluding hydrogens is 328 g/mol. The smallest absolute Gasteiger partial charge is 0.224 e. The molecule has 6 nitrogen and oxygen atoms in total. The summed E-state index contributed by atoms with van der Waals surface area (Å²) < 4.78 is 1.91. The van der Waals surface area contributed by atoms with Gasteiger partial charge in [0.2, 0.25) is 11.8 Å². The Morgan fingerprint density at radius 1 is 1.15 bits per heavy atom. The molecule has 1 aromatic carbocycles. The van der Waals surface area contributed by atoms with Crippen LogP contribution in [0, 0.1) is 13.8 Å². The fraction of sp³-hybridized carbons (Fsp3) is 0.450. The van der Waals surface area contributed by atoms with Gasteiger partial charge >= 0.3 is 0 Å². The molecule has 2 amide bonds. The van der Waals surface area contributed by atoms with Gasteiger partial charge in [-0.15, -0.1) is 0 Å². The molecule has 2 aromatic rings. The van der Waals surface area contributed by atoms with Crippen molar-refractivity contribution in [3.63, 3.8) is 0 Å². The minimum absolute atomic E-state index is 0.00638. The van der Waals surface area contributed by atoms with Crippen molar-refractivity contribution in [2.24, 2.45) is 0 Å². The monoisotopic (exact) mass is 356 g/mol. The summed E-state index contributed by atoms with van der Waals surface area (Å²) in [7, 11) is 0. The lowest BCUT2D eigenvalue weighted by molar-refractivity contribution is -0.121. The number of hydrogen-bond acceptors (Lipinski definition) is 3. The van der Waals surface area contributed by atoms with Crippen molar-refractivity contribution in [1.82, 2.24) is 15.1 Å². The number of amides is 2. The molecule has 0 spiro atoms. The Labute approximate surface area is 155 Å². The zero-order valence-electron chi connectivity index (χ0n) is 16.0. The summed E-state index contributed by atoms with van der Waals surface area (Å²) in [4.78, 5) is 23.8. The molecule has 1 unspecified atom stereocenters. The van der Waals surface area contributed by atoms with Gasteiger partial charge in [-0.25, -0.2) is 0 Å². The molecule has 0 bridgehead atoms. The van der Waals surface area contributed by atoms with E-state index in [2.05, 4.69) is 15.7 Å². The van der Waals surface area contributed by atoms with Crippen molar-refractivity contribution in [3.8, 4) is 0 Å². The van der Waals surface area contributed by atoms with Crippen LogP contribution in [-0.4, -0.2) is 27.6 Å². The summed E-state index contributed by atoms with van der Waals surface area (Å²) in [5, 5.41) is 10.3. The van der Waals surface area contributed by atoms with Crippen LogP contribution in [0.1, 0.15) is 43.6 Å². The van der Waals surface area contributed by atoms with Crippen molar-refractivity contribution >= 4 is 17.5 Å². The Balaban J connectivity index is 1.83. The highest BCUT2D eigenvalue weighted by Gasteiger charge is 2.11. The summed E-state index contributed by atoms with van der Waals surface area (Å²) >= 11 is 0. The average molecular weight is 356 g/mol. The van der Waals surface area contributed by atoms with Crippen LogP contribution in [-0.2, 0) is 22.6 Å². The second kappa shape index (κ2) is 9.17. The van der Waals surface area contributed by atoms with E-state index >= 15 is 0 Å². The van der Waals surface area contributed by atoms with Crippen molar-refractivity contribution in [2.75, 3.05) is 5.32 Å². The van der Waals surface area contributed by atoms with Gasteiger partial charge in [0.05, 0.1) is 18.7 Å². The second-order valence-electron chi connectivity index (χ2n) is 6.75. The van der Waals surface area contributed by atoms with E-state index in [0.29, 0.717) is 19.4 Å². The first-order valence-electron chi connectivity index (χ1n) is 9.06.